The first-order valence-corrected chi connectivity index (χ1v) is 9.82. The highest BCUT2D eigenvalue weighted by Crippen LogP contribution is 2.55. The number of rotatable bonds is 3. The molecule has 0 spiro atoms. The van der Waals surface area contributed by atoms with Gasteiger partial charge in [-0.15, -0.1) is 11.8 Å². The largest absolute Gasteiger partial charge is 0.496 e. The van der Waals surface area contributed by atoms with Crippen molar-refractivity contribution in [3.05, 3.63) is 53.1 Å². The Morgan fingerprint density at radius 3 is 2.88 bits per heavy atom. The van der Waals surface area contributed by atoms with Crippen LogP contribution < -0.4 is 10.1 Å². The van der Waals surface area contributed by atoms with E-state index in [1.165, 1.54) is 16.0 Å². The summed E-state index contributed by atoms with van der Waals surface area (Å²) in [4.78, 5) is 12.3. The molecule has 2 unspecified atom stereocenters. The smallest absolute Gasteiger partial charge is 0.307 e. The maximum Gasteiger partial charge on any atom is 0.307 e. The zero-order valence-corrected chi connectivity index (χ0v) is 16.0. The first-order chi connectivity index (χ1) is 12.4. The lowest BCUT2D eigenvalue weighted by molar-refractivity contribution is -0.136. The summed E-state index contributed by atoms with van der Waals surface area (Å²) in [7, 11) is 1.72. The van der Waals surface area contributed by atoms with E-state index >= 15 is 0 Å². The van der Waals surface area contributed by atoms with Crippen LogP contribution in [-0.4, -0.2) is 23.9 Å². The van der Waals surface area contributed by atoms with E-state index in [0.29, 0.717) is 5.92 Å². The molecule has 0 aliphatic carbocycles. The first kappa shape index (κ1) is 17.3. The van der Waals surface area contributed by atoms with Gasteiger partial charge in [-0.05, 0) is 34.2 Å². The van der Waals surface area contributed by atoms with Crippen LogP contribution in [0.5, 0.6) is 5.75 Å². The fourth-order valence-corrected chi connectivity index (χ4v) is 5.90. The number of benzene rings is 2. The summed E-state index contributed by atoms with van der Waals surface area (Å²) >= 11 is 1.86. The van der Waals surface area contributed by atoms with Crippen LogP contribution in [0.4, 0.5) is 5.69 Å². The van der Waals surface area contributed by atoms with E-state index in [9.17, 15) is 4.79 Å². The van der Waals surface area contributed by atoms with Crippen LogP contribution in [-0.2, 0) is 16.6 Å². The number of aliphatic carboxylic acids is 1. The lowest BCUT2D eigenvalue weighted by Crippen LogP contribution is -2.44. The molecule has 2 N–H and O–H groups in total. The van der Waals surface area contributed by atoms with Crippen molar-refractivity contribution in [1.29, 1.82) is 0 Å². The van der Waals surface area contributed by atoms with Crippen LogP contribution in [0.3, 0.4) is 0 Å². The predicted molar refractivity (Wildman–Crippen MR) is 104 cm³/mol. The van der Waals surface area contributed by atoms with Gasteiger partial charge in [0, 0.05) is 17.4 Å². The van der Waals surface area contributed by atoms with Gasteiger partial charge < -0.3 is 15.2 Å². The van der Waals surface area contributed by atoms with Crippen LogP contribution in [0.2, 0.25) is 0 Å². The van der Waals surface area contributed by atoms with E-state index in [0.717, 1.165) is 22.8 Å². The number of nitrogens with one attached hydrogen (secondary N) is 1. The van der Waals surface area contributed by atoms with E-state index in [4.69, 9.17) is 9.84 Å². The number of carbonyl (C=O) groups is 1. The third-order valence-corrected chi connectivity index (χ3v) is 7.00. The normalized spacial score (nSPS) is 22.4. The number of hydrogen-bond acceptors (Lipinski definition) is 4. The molecule has 2 atom stereocenters. The minimum Gasteiger partial charge on any atom is -0.496 e. The summed E-state index contributed by atoms with van der Waals surface area (Å²) in [6, 6.07) is 12.5. The third-order valence-electron chi connectivity index (χ3n) is 5.75. The molecule has 2 aromatic rings. The molecule has 0 saturated heterocycles. The Bertz CT molecular complexity index is 878. The summed E-state index contributed by atoms with van der Waals surface area (Å²) in [6.45, 7) is 4.56. The zero-order valence-electron chi connectivity index (χ0n) is 15.2. The van der Waals surface area contributed by atoms with Crippen LogP contribution in [0.25, 0.3) is 0 Å². The Balaban J connectivity index is 1.79. The number of carboxylic acid groups (broad SMARTS) is 1. The molecule has 5 heteroatoms. The van der Waals surface area contributed by atoms with Crippen LogP contribution >= 0.6 is 11.8 Å². The molecule has 0 saturated carbocycles. The summed E-state index contributed by atoms with van der Waals surface area (Å²) in [5.41, 5.74) is 4.41. The van der Waals surface area contributed by atoms with Gasteiger partial charge in [-0.3, -0.25) is 4.79 Å². The first-order valence-electron chi connectivity index (χ1n) is 8.83. The van der Waals surface area contributed by atoms with Crippen molar-refractivity contribution in [2.45, 2.75) is 36.6 Å². The van der Waals surface area contributed by atoms with Crippen molar-refractivity contribution < 1.29 is 14.6 Å². The number of carboxylic acids is 1. The van der Waals surface area contributed by atoms with E-state index in [1.807, 2.05) is 30.0 Å². The second-order valence-electron chi connectivity index (χ2n) is 7.59. The Kier molecular flexibility index (Phi) is 4.14. The van der Waals surface area contributed by atoms with Gasteiger partial charge in [0.1, 0.15) is 5.75 Å². The molecule has 2 aliphatic heterocycles. The van der Waals surface area contributed by atoms with Gasteiger partial charge in [-0.2, -0.15) is 0 Å². The summed E-state index contributed by atoms with van der Waals surface area (Å²) in [5.74, 6) is 1.56. The van der Waals surface area contributed by atoms with Crippen molar-refractivity contribution in [2.75, 3.05) is 18.2 Å². The van der Waals surface area contributed by atoms with E-state index in [2.05, 4.69) is 37.4 Å². The molecule has 26 heavy (non-hydrogen) atoms. The molecule has 4 rings (SSSR count). The fraction of sp³-hybridized carbons (Fsp3) is 0.381. The van der Waals surface area contributed by atoms with Crippen molar-refractivity contribution in [1.82, 2.24) is 0 Å². The Morgan fingerprint density at radius 2 is 2.15 bits per heavy atom. The molecule has 2 aliphatic rings. The number of ether oxygens (including phenoxy) is 1. The molecule has 2 aromatic carbocycles. The molecule has 0 amide bonds. The van der Waals surface area contributed by atoms with E-state index in [-0.39, 0.29) is 17.9 Å². The lowest BCUT2D eigenvalue weighted by atomic mass is 9.66. The van der Waals surface area contributed by atoms with Crippen molar-refractivity contribution in [3.63, 3.8) is 0 Å². The maximum atomic E-state index is 11.1. The quantitative estimate of drug-likeness (QED) is 0.835. The minimum atomic E-state index is -0.793. The number of methoxy groups -OCH3 is 1. The molecule has 0 aromatic heterocycles. The minimum absolute atomic E-state index is 0.0481. The fourth-order valence-electron chi connectivity index (χ4n) is 4.28. The van der Waals surface area contributed by atoms with Gasteiger partial charge in [0.05, 0.1) is 24.5 Å². The zero-order chi connectivity index (χ0) is 18.5. The van der Waals surface area contributed by atoms with E-state index < -0.39 is 5.97 Å². The summed E-state index contributed by atoms with van der Waals surface area (Å²) < 4.78 is 5.56. The third kappa shape index (κ3) is 2.65. The molecular formula is C21H23NO3S. The number of anilines is 1. The Hall–Kier alpha value is -2.14. The lowest BCUT2D eigenvalue weighted by Gasteiger charge is -2.49. The molecule has 0 fully saturated rings. The number of thioether (sulfide) groups is 1. The Morgan fingerprint density at radius 1 is 1.35 bits per heavy atom. The average Bonchev–Trinajstić information content (AvgIpc) is 2.61. The highest BCUT2D eigenvalue weighted by atomic mass is 32.2. The Labute approximate surface area is 158 Å². The second kappa shape index (κ2) is 6.23. The molecule has 0 radical (unpaired) electrons. The number of hydrogen-bond donors (Lipinski definition) is 2. The highest BCUT2D eigenvalue weighted by molar-refractivity contribution is 7.99. The van der Waals surface area contributed by atoms with Crippen LogP contribution in [0.1, 0.15) is 36.6 Å². The average molecular weight is 369 g/mol. The van der Waals surface area contributed by atoms with E-state index in [1.54, 1.807) is 7.11 Å². The molecule has 4 nitrogen and oxygen atoms in total. The molecular weight excluding hydrogens is 346 g/mol. The van der Waals surface area contributed by atoms with Gasteiger partial charge in [0.15, 0.2) is 0 Å². The molecule has 136 valence electrons. The molecule has 0 bridgehead atoms. The van der Waals surface area contributed by atoms with Gasteiger partial charge in [-0.1, -0.05) is 38.1 Å². The van der Waals surface area contributed by atoms with Crippen molar-refractivity contribution >= 4 is 23.4 Å². The van der Waals surface area contributed by atoms with Crippen LogP contribution in [0, 0.1) is 5.92 Å². The summed E-state index contributed by atoms with van der Waals surface area (Å²) in [5, 5.41) is 12.8. The highest BCUT2D eigenvalue weighted by Gasteiger charge is 2.46. The molecule has 2 heterocycles. The second-order valence-corrected chi connectivity index (χ2v) is 8.62. The monoisotopic (exact) mass is 369 g/mol. The number of fused-ring (bicyclic) bond motifs is 4. The maximum absolute atomic E-state index is 11.1. The van der Waals surface area contributed by atoms with Gasteiger partial charge in [0.25, 0.3) is 0 Å². The van der Waals surface area contributed by atoms with Gasteiger partial charge >= 0.3 is 5.97 Å². The topological polar surface area (TPSA) is 58.6 Å². The van der Waals surface area contributed by atoms with Crippen LogP contribution in [0.15, 0.2) is 41.3 Å². The van der Waals surface area contributed by atoms with Crippen molar-refractivity contribution in [3.8, 4) is 5.75 Å². The van der Waals surface area contributed by atoms with Crippen molar-refractivity contribution in [2.24, 2.45) is 5.92 Å². The standard InChI is InChI=1S/C21H23NO3S/c1-21(2)14-9-12(10-18(23)24)7-8-16(14)22-19-13-5-4-6-17(25-3)20(13)26-11-15(19)21/h4-9,15,19,22H,10-11H2,1-3H3,(H,23,24). The van der Waals surface area contributed by atoms with Gasteiger partial charge in [-0.25, -0.2) is 0 Å². The summed E-state index contributed by atoms with van der Waals surface area (Å²) in [6.07, 6.45) is 0.0617. The predicted octanol–water partition coefficient (Wildman–Crippen LogP) is 4.49. The SMILES string of the molecule is COc1cccc2c1SCC1C2Nc2ccc(CC(=O)O)cc2C1(C)C. The van der Waals surface area contributed by atoms with Gasteiger partial charge in [0.2, 0.25) is 0 Å².